The van der Waals surface area contributed by atoms with Crippen LogP contribution in [0.15, 0.2) is 52.8 Å². The molecular weight excluding hydrogens is 480 g/mol. The molecular formula is C34H46N4O. The van der Waals surface area contributed by atoms with Gasteiger partial charge in [0, 0.05) is 24.4 Å². The van der Waals surface area contributed by atoms with E-state index in [2.05, 4.69) is 62.9 Å². The maximum absolute atomic E-state index is 9.79. The van der Waals surface area contributed by atoms with E-state index in [4.69, 9.17) is 4.74 Å². The Kier molecular flexibility index (Phi) is 12.9. The van der Waals surface area contributed by atoms with Crippen LogP contribution in [0.1, 0.15) is 98.5 Å². The van der Waals surface area contributed by atoms with Crippen LogP contribution in [0, 0.1) is 45.8 Å². The number of anilines is 1. The average molecular weight is 527 g/mol. The molecule has 39 heavy (non-hydrogen) atoms. The third-order valence-corrected chi connectivity index (χ3v) is 7.81. The molecule has 2 rings (SSSR count). The van der Waals surface area contributed by atoms with Crippen molar-refractivity contribution in [3.05, 3.63) is 58.4 Å². The van der Waals surface area contributed by atoms with Crippen molar-refractivity contribution in [1.29, 1.82) is 15.8 Å². The zero-order valence-electron chi connectivity index (χ0n) is 24.9. The highest BCUT2D eigenvalue weighted by atomic mass is 16.5. The minimum atomic E-state index is -0.812. The Balaban J connectivity index is 2.34. The van der Waals surface area contributed by atoms with Crippen molar-refractivity contribution >= 4 is 11.8 Å². The van der Waals surface area contributed by atoms with Gasteiger partial charge in [0.2, 0.25) is 0 Å². The number of nitriles is 3. The molecule has 2 unspecified atom stereocenters. The Morgan fingerprint density at radius 1 is 0.872 bits per heavy atom. The van der Waals surface area contributed by atoms with E-state index < -0.39 is 5.60 Å². The van der Waals surface area contributed by atoms with E-state index in [0.29, 0.717) is 17.4 Å². The fourth-order valence-corrected chi connectivity index (χ4v) is 5.20. The maximum Gasteiger partial charge on any atom is 0.172 e. The van der Waals surface area contributed by atoms with Gasteiger partial charge >= 0.3 is 0 Å². The first kappa shape index (κ1) is 31.7. The molecule has 208 valence electrons. The molecule has 2 atom stereocenters. The smallest absolute Gasteiger partial charge is 0.172 e. The number of hydrogen-bond donors (Lipinski definition) is 0. The van der Waals surface area contributed by atoms with Crippen LogP contribution in [-0.2, 0) is 4.74 Å². The van der Waals surface area contributed by atoms with Crippen LogP contribution in [-0.4, -0.2) is 18.7 Å². The summed E-state index contributed by atoms with van der Waals surface area (Å²) in [6.07, 6.45) is 13.8. The van der Waals surface area contributed by atoms with Gasteiger partial charge in [-0.2, -0.15) is 15.8 Å². The van der Waals surface area contributed by atoms with E-state index in [1.165, 1.54) is 57.1 Å². The van der Waals surface area contributed by atoms with Crippen LogP contribution in [0.4, 0.5) is 5.69 Å². The summed E-state index contributed by atoms with van der Waals surface area (Å²) in [5.41, 5.74) is 2.20. The molecule has 0 N–H and O–H groups in total. The fraction of sp³-hybridized carbons (Fsp3) is 0.559. The Morgan fingerprint density at radius 2 is 1.41 bits per heavy atom. The second-order valence-corrected chi connectivity index (χ2v) is 11.1. The van der Waals surface area contributed by atoms with Gasteiger partial charge in [0.25, 0.3) is 0 Å². The standard InChI is InChI=1S/C34H46N4O/c1-7-11-13-26(9-3)24-38(25-27(10-4)14-12-8-2)30-18-15-28(16-19-30)17-20-32-31(23-37)33(29(21-35)22-36)39-34(32,5)6/h15-20,26-27H,7-14,24-25H2,1-6H3. The average Bonchev–Trinajstić information content (AvgIpc) is 3.20. The van der Waals surface area contributed by atoms with E-state index in [-0.39, 0.29) is 16.9 Å². The van der Waals surface area contributed by atoms with Crippen molar-refractivity contribution in [2.75, 3.05) is 18.0 Å². The fourth-order valence-electron chi connectivity index (χ4n) is 5.20. The summed E-state index contributed by atoms with van der Waals surface area (Å²) in [6, 6.07) is 14.5. The Labute approximate surface area is 237 Å². The molecule has 0 radical (unpaired) electrons. The van der Waals surface area contributed by atoms with Crippen molar-refractivity contribution in [2.45, 2.75) is 98.5 Å². The molecule has 1 aliphatic heterocycles. The van der Waals surface area contributed by atoms with Gasteiger partial charge in [-0.3, -0.25) is 0 Å². The minimum absolute atomic E-state index is 0.0697. The molecule has 1 aliphatic rings. The lowest BCUT2D eigenvalue weighted by Crippen LogP contribution is -2.34. The number of hydrogen-bond acceptors (Lipinski definition) is 5. The zero-order chi connectivity index (χ0) is 28.8. The van der Waals surface area contributed by atoms with Gasteiger partial charge in [-0.05, 0) is 56.2 Å². The van der Waals surface area contributed by atoms with Crippen LogP contribution in [0.3, 0.4) is 0 Å². The number of unbranched alkanes of at least 4 members (excludes halogenated alkanes) is 2. The third kappa shape index (κ3) is 8.76. The molecule has 1 heterocycles. The van der Waals surface area contributed by atoms with Crippen LogP contribution >= 0.6 is 0 Å². The quantitative estimate of drug-likeness (QED) is 0.213. The third-order valence-electron chi connectivity index (χ3n) is 7.81. The van der Waals surface area contributed by atoms with Crippen LogP contribution in [0.2, 0.25) is 0 Å². The summed E-state index contributed by atoms with van der Waals surface area (Å²) in [5, 5.41) is 28.4. The van der Waals surface area contributed by atoms with E-state index >= 15 is 0 Å². The molecule has 1 aromatic rings. The molecule has 0 aliphatic carbocycles. The van der Waals surface area contributed by atoms with Gasteiger partial charge in [0.05, 0.1) is 0 Å². The number of ether oxygens (including phenoxy) is 1. The molecule has 0 bridgehead atoms. The van der Waals surface area contributed by atoms with Crippen LogP contribution in [0.25, 0.3) is 6.08 Å². The molecule has 0 aromatic heterocycles. The van der Waals surface area contributed by atoms with Crippen molar-refractivity contribution in [1.82, 2.24) is 0 Å². The summed E-state index contributed by atoms with van der Waals surface area (Å²) in [6.45, 7) is 15.0. The number of nitrogens with zero attached hydrogens (tertiary/aromatic N) is 4. The summed E-state index contributed by atoms with van der Waals surface area (Å²) in [7, 11) is 0. The highest BCUT2D eigenvalue weighted by Crippen LogP contribution is 2.40. The van der Waals surface area contributed by atoms with Crippen LogP contribution in [0.5, 0.6) is 0 Å². The topological polar surface area (TPSA) is 83.8 Å². The van der Waals surface area contributed by atoms with E-state index in [1.807, 2.05) is 38.1 Å². The Morgan fingerprint density at radius 3 is 1.85 bits per heavy atom. The molecule has 0 amide bonds. The monoisotopic (exact) mass is 526 g/mol. The van der Waals surface area contributed by atoms with Gasteiger partial charge in [-0.1, -0.05) is 90.5 Å². The van der Waals surface area contributed by atoms with Crippen molar-refractivity contribution < 1.29 is 4.74 Å². The summed E-state index contributed by atoms with van der Waals surface area (Å²) < 4.78 is 5.88. The van der Waals surface area contributed by atoms with Crippen LogP contribution < -0.4 is 4.90 Å². The number of benzene rings is 1. The first-order valence-electron chi connectivity index (χ1n) is 14.7. The van der Waals surface area contributed by atoms with Crippen molar-refractivity contribution in [2.24, 2.45) is 11.8 Å². The van der Waals surface area contributed by atoms with Gasteiger partial charge in [-0.25, -0.2) is 0 Å². The largest absolute Gasteiger partial charge is 0.480 e. The lowest BCUT2D eigenvalue weighted by Gasteiger charge is -2.32. The zero-order valence-corrected chi connectivity index (χ0v) is 24.9. The molecule has 0 saturated carbocycles. The molecule has 5 heteroatoms. The molecule has 0 spiro atoms. The highest BCUT2D eigenvalue weighted by Gasteiger charge is 2.38. The molecule has 0 saturated heterocycles. The predicted octanol–water partition coefficient (Wildman–Crippen LogP) is 8.87. The van der Waals surface area contributed by atoms with E-state index in [0.717, 1.165) is 18.7 Å². The van der Waals surface area contributed by atoms with E-state index in [1.54, 1.807) is 0 Å². The van der Waals surface area contributed by atoms with Crippen molar-refractivity contribution in [3.63, 3.8) is 0 Å². The highest BCUT2D eigenvalue weighted by molar-refractivity contribution is 5.65. The minimum Gasteiger partial charge on any atom is -0.480 e. The molecule has 5 nitrogen and oxygen atoms in total. The molecule has 1 aromatic carbocycles. The van der Waals surface area contributed by atoms with Gasteiger partial charge in [0.1, 0.15) is 29.4 Å². The summed E-state index contributed by atoms with van der Waals surface area (Å²) >= 11 is 0. The summed E-state index contributed by atoms with van der Waals surface area (Å²) in [4.78, 5) is 2.60. The second kappa shape index (κ2) is 15.8. The summed E-state index contributed by atoms with van der Waals surface area (Å²) in [5.74, 6) is 1.46. The van der Waals surface area contributed by atoms with E-state index in [9.17, 15) is 15.8 Å². The second-order valence-electron chi connectivity index (χ2n) is 11.1. The molecule has 0 fully saturated rings. The number of rotatable bonds is 15. The van der Waals surface area contributed by atoms with Crippen molar-refractivity contribution in [3.8, 4) is 18.2 Å². The Bertz CT molecular complexity index is 1120. The van der Waals surface area contributed by atoms with Gasteiger partial charge in [0.15, 0.2) is 11.3 Å². The predicted molar refractivity (Wildman–Crippen MR) is 160 cm³/mol. The van der Waals surface area contributed by atoms with Gasteiger partial charge < -0.3 is 9.64 Å². The first-order chi connectivity index (χ1) is 18.8. The van der Waals surface area contributed by atoms with Gasteiger partial charge in [-0.15, -0.1) is 0 Å². The lowest BCUT2D eigenvalue weighted by atomic mass is 9.94. The maximum atomic E-state index is 9.79. The Hall–Kier alpha value is -3.49. The number of allylic oxidation sites excluding steroid dienone is 2. The SMILES string of the molecule is CCCCC(CC)CN(CC(CC)CCCC)c1ccc(C=CC2=C(C#N)C(=C(C#N)C#N)OC2(C)C)cc1. The normalized spacial score (nSPS) is 15.8. The first-order valence-corrected chi connectivity index (χ1v) is 14.7. The lowest BCUT2D eigenvalue weighted by molar-refractivity contribution is 0.0954.